The van der Waals surface area contributed by atoms with Crippen LogP contribution in [0.5, 0.6) is 0 Å². The van der Waals surface area contributed by atoms with Gasteiger partial charge in [0, 0.05) is 44.4 Å². The summed E-state index contributed by atoms with van der Waals surface area (Å²) in [6, 6.07) is 12.0. The third-order valence-electron chi connectivity index (χ3n) is 5.68. The van der Waals surface area contributed by atoms with E-state index in [1.807, 2.05) is 4.90 Å². The summed E-state index contributed by atoms with van der Waals surface area (Å²) in [4.78, 5) is 35.3. The zero-order valence-corrected chi connectivity index (χ0v) is 18.4. The van der Waals surface area contributed by atoms with E-state index >= 15 is 0 Å². The number of carbonyl (C=O) groups excluding carboxylic acids is 1. The molecule has 0 N–H and O–H groups in total. The largest absolute Gasteiger partial charge is 0.351 e. The van der Waals surface area contributed by atoms with Crippen molar-refractivity contribution in [3.63, 3.8) is 0 Å². The van der Waals surface area contributed by atoms with Gasteiger partial charge in [0.2, 0.25) is 5.91 Å². The molecule has 0 atom stereocenters. The summed E-state index contributed by atoms with van der Waals surface area (Å²) in [5, 5.41) is 19.1. The zero-order valence-electron chi connectivity index (χ0n) is 18.4. The summed E-state index contributed by atoms with van der Waals surface area (Å²) in [6.45, 7) is 2.03. The van der Waals surface area contributed by atoms with Crippen LogP contribution in [0.1, 0.15) is 5.56 Å². The molecule has 0 bridgehead atoms. The molecule has 1 saturated heterocycles. The lowest BCUT2D eigenvalue weighted by atomic mass is 10.2. The number of nitro groups is 1. The number of nitro benzene ring substituents is 1. The van der Waals surface area contributed by atoms with Crippen molar-refractivity contribution in [2.45, 2.75) is 0 Å². The highest BCUT2D eigenvalue weighted by Crippen LogP contribution is 2.24. The molecular formula is C23H19FN8O3. The average Bonchev–Trinajstić information content (AvgIpc) is 3.32. The van der Waals surface area contributed by atoms with E-state index in [2.05, 4.69) is 20.3 Å². The molecule has 2 aromatic carbocycles. The van der Waals surface area contributed by atoms with Gasteiger partial charge in [0.15, 0.2) is 17.0 Å². The van der Waals surface area contributed by atoms with Gasteiger partial charge in [-0.3, -0.25) is 14.9 Å². The Morgan fingerprint density at radius 2 is 1.83 bits per heavy atom. The topological polar surface area (TPSA) is 123 Å². The summed E-state index contributed by atoms with van der Waals surface area (Å²) >= 11 is 0. The fraction of sp³-hybridized carbons (Fsp3) is 0.174. The lowest BCUT2D eigenvalue weighted by molar-refractivity contribution is -0.384. The van der Waals surface area contributed by atoms with Gasteiger partial charge < -0.3 is 9.80 Å². The monoisotopic (exact) mass is 474 g/mol. The third-order valence-corrected chi connectivity index (χ3v) is 5.68. The number of anilines is 1. The maximum atomic E-state index is 13.7. The van der Waals surface area contributed by atoms with E-state index in [4.69, 9.17) is 0 Å². The van der Waals surface area contributed by atoms with Gasteiger partial charge in [-0.2, -0.15) is 4.68 Å². The molecule has 0 radical (unpaired) electrons. The first-order chi connectivity index (χ1) is 17.0. The van der Waals surface area contributed by atoms with Crippen LogP contribution in [0.2, 0.25) is 0 Å². The number of benzene rings is 2. The van der Waals surface area contributed by atoms with E-state index in [0.29, 0.717) is 54.4 Å². The Kier molecular flexibility index (Phi) is 5.83. The van der Waals surface area contributed by atoms with Crippen LogP contribution in [0, 0.1) is 15.9 Å². The van der Waals surface area contributed by atoms with E-state index in [0.717, 1.165) is 0 Å². The van der Waals surface area contributed by atoms with Crippen molar-refractivity contribution in [2.75, 3.05) is 31.1 Å². The minimum absolute atomic E-state index is 0.000562. The number of rotatable bonds is 5. The van der Waals surface area contributed by atoms with E-state index in [1.165, 1.54) is 41.4 Å². The molecule has 2 aromatic heterocycles. The van der Waals surface area contributed by atoms with Gasteiger partial charge in [0.05, 0.1) is 10.6 Å². The molecule has 4 aromatic rings. The van der Waals surface area contributed by atoms with Crippen LogP contribution >= 0.6 is 0 Å². The highest BCUT2D eigenvalue weighted by molar-refractivity contribution is 5.92. The predicted octanol–water partition coefficient (Wildman–Crippen LogP) is 2.62. The predicted molar refractivity (Wildman–Crippen MR) is 125 cm³/mol. The van der Waals surface area contributed by atoms with Crippen LogP contribution in [0.3, 0.4) is 0 Å². The maximum absolute atomic E-state index is 13.7. The molecule has 11 nitrogen and oxygen atoms in total. The van der Waals surface area contributed by atoms with Gasteiger partial charge in [0.1, 0.15) is 12.1 Å². The van der Waals surface area contributed by atoms with Gasteiger partial charge >= 0.3 is 0 Å². The van der Waals surface area contributed by atoms with Gasteiger partial charge in [-0.05, 0) is 42.0 Å². The molecular weight excluding hydrogens is 455 g/mol. The maximum Gasteiger partial charge on any atom is 0.269 e. The highest BCUT2D eigenvalue weighted by Gasteiger charge is 2.24. The number of halogens is 1. The molecule has 0 unspecified atom stereocenters. The Bertz CT molecular complexity index is 1430. The smallest absolute Gasteiger partial charge is 0.269 e. The van der Waals surface area contributed by atoms with Gasteiger partial charge in [-0.25, -0.2) is 14.4 Å². The lowest BCUT2D eigenvalue weighted by Crippen LogP contribution is -2.48. The fourth-order valence-electron chi connectivity index (χ4n) is 3.87. The molecule has 12 heteroatoms. The van der Waals surface area contributed by atoms with Crippen molar-refractivity contribution in [3.8, 4) is 5.69 Å². The molecule has 1 aliphatic rings. The summed E-state index contributed by atoms with van der Waals surface area (Å²) < 4.78 is 15.1. The normalized spacial score (nSPS) is 14.1. The molecule has 5 rings (SSSR count). The van der Waals surface area contributed by atoms with Crippen LogP contribution < -0.4 is 4.90 Å². The minimum Gasteiger partial charge on any atom is -0.351 e. The third kappa shape index (κ3) is 4.53. The Morgan fingerprint density at radius 3 is 2.54 bits per heavy atom. The van der Waals surface area contributed by atoms with Gasteiger partial charge in [-0.15, -0.1) is 5.10 Å². The van der Waals surface area contributed by atoms with Crippen molar-refractivity contribution in [1.82, 2.24) is 29.9 Å². The first-order valence-corrected chi connectivity index (χ1v) is 10.8. The lowest BCUT2D eigenvalue weighted by Gasteiger charge is -2.34. The molecule has 0 spiro atoms. The minimum atomic E-state index is -0.467. The van der Waals surface area contributed by atoms with Crippen molar-refractivity contribution >= 4 is 34.7 Å². The molecule has 1 aliphatic heterocycles. The quantitative estimate of drug-likeness (QED) is 0.246. The summed E-state index contributed by atoms with van der Waals surface area (Å²) in [6.07, 6.45) is 4.52. The SMILES string of the molecule is O=C(C=Cc1ccc([N+](=O)[O-])cc1)N1CCN(c2ncnc3c2nnn3-c2cccc(F)c2)CC1. The molecule has 1 fully saturated rings. The molecule has 0 aliphatic carbocycles. The number of piperazine rings is 1. The van der Waals surface area contributed by atoms with Gasteiger partial charge in [-0.1, -0.05) is 11.3 Å². The van der Waals surface area contributed by atoms with Crippen molar-refractivity contribution < 1.29 is 14.1 Å². The van der Waals surface area contributed by atoms with Crippen molar-refractivity contribution in [3.05, 3.63) is 82.4 Å². The Hall–Kier alpha value is -4.74. The zero-order chi connectivity index (χ0) is 24.4. The molecule has 0 saturated carbocycles. The fourth-order valence-corrected chi connectivity index (χ4v) is 3.87. The van der Waals surface area contributed by atoms with E-state index in [1.54, 1.807) is 35.2 Å². The number of hydrogen-bond acceptors (Lipinski definition) is 8. The van der Waals surface area contributed by atoms with Crippen molar-refractivity contribution in [1.29, 1.82) is 0 Å². The van der Waals surface area contributed by atoms with Crippen LogP contribution in [0.4, 0.5) is 15.9 Å². The number of carbonyl (C=O) groups is 1. The first-order valence-electron chi connectivity index (χ1n) is 10.8. The van der Waals surface area contributed by atoms with E-state index in [9.17, 15) is 19.3 Å². The number of fused-ring (bicyclic) bond motifs is 1. The molecule has 3 heterocycles. The Morgan fingerprint density at radius 1 is 1.06 bits per heavy atom. The van der Waals surface area contributed by atoms with E-state index in [-0.39, 0.29) is 17.4 Å². The second-order valence-corrected chi connectivity index (χ2v) is 7.84. The summed E-state index contributed by atoms with van der Waals surface area (Å²) in [5.74, 6) is 0.0721. The summed E-state index contributed by atoms with van der Waals surface area (Å²) in [7, 11) is 0. The van der Waals surface area contributed by atoms with Crippen LogP contribution in [0.15, 0.2) is 60.9 Å². The average molecular weight is 474 g/mol. The molecule has 1 amide bonds. The van der Waals surface area contributed by atoms with Crippen LogP contribution in [0.25, 0.3) is 22.9 Å². The first kappa shape index (κ1) is 22.1. The number of aromatic nitrogens is 5. The van der Waals surface area contributed by atoms with Gasteiger partial charge in [0.25, 0.3) is 5.69 Å². The number of non-ortho nitro benzene ring substituents is 1. The number of nitrogens with zero attached hydrogens (tertiary/aromatic N) is 8. The summed E-state index contributed by atoms with van der Waals surface area (Å²) in [5.41, 5.74) is 2.17. The van der Waals surface area contributed by atoms with E-state index < -0.39 is 4.92 Å². The molecule has 176 valence electrons. The van der Waals surface area contributed by atoms with Crippen molar-refractivity contribution in [2.24, 2.45) is 0 Å². The number of amides is 1. The van der Waals surface area contributed by atoms with Crippen LogP contribution in [-0.4, -0.2) is 66.9 Å². The second kappa shape index (κ2) is 9.25. The second-order valence-electron chi connectivity index (χ2n) is 7.84. The standard InChI is InChI=1S/C23H19FN8O3/c24-17-2-1-3-19(14-17)31-23-21(27-28-31)22(25-15-26-23)30-12-10-29(11-13-30)20(33)9-6-16-4-7-18(8-5-16)32(34)35/h1-9,14-15H,10-13H2. The van der Waals surface area contributed by atoms with Crippen LogP contribution in [-0.2, 0) is 4.79 Å². The number of hydrogen-bond donors (Lipinski definition) is 0. The highest BCUT2D eigenvalue weighted by atomic mass is 19.1. The Balaban J connectivity index is 1.27. The molecule has 35 heavy (non-hydrogen) atoms. The Labute approximate surface area is 198 Å².